The highest BCUT2D eigenvalue weighted by molar-refractivity contribution is 7.80. The van der Waals surface area contributed by atoms with Crippen LogP contribution in [0.2, 0.25) is 0 Å². The fourth-order valence-electron chi connectivity index (χ4n) is 1.21. The summed E-state index contributed by atoms with van der Waals surface area (Å²) in [6.45, 7) is 0.670. The van der Waals surface area contributed by atoms with Crippen LogP contribution in [-0.2, 0) is 0 Å². The van der Waals surface area contributed by atoms with Crippen molar-refractivity contribution in [1.82, 2.24) is 10.6 Å². The molecule has 0 bridgehead atoms. The van der Waals surface area contributed by atoms with Crippen molar-refractivity contribution in [3.8, 4) is 0 Å². The summed E-state index contributed by atoms with van der Waals surface area (Å²) in [7, 11) is 0. The summed E-state index contributed by atoms with van der Waals surface area (Å²) in [6, 6.07) is 2.06. The molecule has 2 amide bonds. The minimum absolute atomic E-state index is 0.203. The molecule has 8 heteroatoms. The zero-order valence-electron chi connectivity index (χ0n) is 10.0. The molecular formula is C11H14N2O4S2. The van der Waals surface area contributed by atoms with Crippen molar-refractivity contribution in [3.05, 3.63) is 33.9 Å². The number of carbonyl (C=O) groups excluding carboxylic acids is 2. The normalized spacial score (nSPS) is 10.0. The Bertz CT molecular complexity index is 474. The highest BCUT2D eigenvalue weighted by atomic mass is 32.1. The van der Waals surface area contributed by atoms with Gasteiger partial charge in [0.25, 0.3) is 11.8 Å². The van der Waals surface area contributed by atoms with E-state index in [9.17, 15) is 14.4 Å². The number of hydrogen-bond donors (Lipinski definition) is 4. The van der Waals surface area contributed by atoms with E-state index in [1.165, 1.54) is 0 Å². The van der Waals surface area contributed by atoms with Gasteiger partial charge in [-0.05, 0) is 0 Å². The molecule has 0 saturated carbocycles. The molecule has 104 valence electrons. The average Bonchev–Trinajstić information content (AvgIpc) is 2.41. The minimum Gasteiger partial charge on any atom is -0.445 e. The molecule has 0 saturated heterocycles. The van der Waals surface area contributed by atoms with Gasteiger partial charge in [-0.15, -0.1) is 0 Å². The third kappa shape index (κ3) is 4.99. The standard InChI is InChI=1S/C11H14N2O4S2/c14-7-5-8(10(15)12-1-3-18)17-9(6-7)11(16)13-2-4-19/h5-6,18-19H,1-4H2,(H,12,15)(H,13,16). The molecule has 0 aliphatic heterocycles. The predicted molar refractivity (Wildman–Crippen MR) is 77.4 cm³/mol. The van der Waals surface area contributed by atoms with E-state index in [4.69, 9.17) is 4.42 Å². The van der Waals surface area contributed by atoms with Crippen molar-refractivity contribution < 1.29 is 14.0 Å². The molecule has 0 atom stereocenters. The molecule has 0 aliphatic rings. The first-order valence-electron chi connectivity index (χ1n) is 5.51. The molecule has 2 N–H and O–H groups in total. The summed E-state index contributed by atoms with van der Waals surface area (Å²) in [5, 5.41) is 4.99. The molecule has 0 fully saturated rings. The lowest BCUT2D eigenvalue weighted by Crippen LogP contribution is -2.29. The zero-order chi connectivity index (χ0) is 14.3. The molecular weight excluding hydrogens is 288 g/mol. The Morgan fingerprint density at radius 2 is 1.42 bits per heavy atom. The fourth-order valence-corrected chi connectivity index (χ4v) is 1.44. The molecule has 0 unspecified atom stereocenters. The maximum atomic E-state index is 11.6. The van der Waals surface area contributed by atoms with E-state index in [2.05, 4.69) is 35.9 Å². The summed E-state index contributed by atoms with van der Waals surface area (Å²) in [6.07, 6.45) is 0. The van der Waals surface area contributed by atoms with Gasteiger partial charge >= 0.3 is 0 Å². The highest BCUT2D eigenvalue weighted by Gasteiger charge is 2.14. The van der Waals surface area contributed by atoms with Crippen molar-refractivity contribution in [2.24, 2.45) is 0 Å². The van der Waals surface area contributed by atoms with E-state index in [-0.39, 0.29) is 11.5 Å². The van der Waals surface area contributed by atoms with Crippen molar-refractivity contribution in [1.29, 1.82) is 0 Å². The molecule has 1 aromatic rings. The minimum atomic E-state index is -0.560. The monoisotopic (exact) mass is 302 g/mol. The predicted octanol–water partition coefficient (Wildman–Crippen LogP) is -0.0410. The lowest BCUT2D eigenvalue weighted by Gasteiger charge is -2.05. The number of carbonyl (C=O) groups is 2. The molecule has 6 nitrogen and oxygen atoms in total. The number of nitrogens with one attached hydrogen (secondary N) is 2. The first kappa shape index (κ1) is 15.6. The van der Waals surface area contributed by atoms with Crippen LogP contribution in [0.5, 0.6) is 0 Å². The lowest BCUT2D eigenvalue weighted by molar-refractivity contribution is 0.0896. The lowest BCUT2D eigenvalue weighted by atomic mass is 10.3. The number of rotatable bonds is 6. The Kier molecular flexibility index (Phi) is 6.51. The van der Waals surface area contributed by atoms with Crippen LogP contribution in [0.15, 0.2) is 21.3 Å². The zero-order valence-corrected chi connectivity index (χ0v) is 11.8. The van der Waals surface area contributed by atoms with E-state index in [0.29, 0.717) is 24.6 Å². The van der Waals surface area contributed by atoms with Crippen molar-refractivity contribution in [2.45, 2.75) is 0 Å². The van der Waals surface area contributed by atoms with Crippen LogP contribution in [0.3, 0.4) is 0 Å². The number of amides is 2. The quantitative estimate of drug-likeness (QED) is 0.555. The van der Waals surface area contributed by atoms with E-state index in [0.717, 1.165) is 12.1 Å². The van der Waals surface area contributed by atoms with Gasteiger partial charge in [-0.1, -0.05) is 0 Å². The summed E-state index contributed by atoms with van der Waals surface area (Å²) < 4.78 is 5.10. The van der Waals surface area contributed by atoms with Gasteiger partial charge in [0.2, 0.25) is 0 Å². The molecule has 1 rings (SSSR count). The van der Waals surface area contributed by atoms with Crippen LogP contribution >= 0.6 is 25.3 Å². The second kappa shape index (κ2) is 7.90. The molecule has 1 heterocycles. The summed E-state index contributed by atoms with van der Waals surface area (Å²) >= 11 is 7.88. The van der Waals surface area contributed by atoms with Crippen LogP contribution in [-0.4, -0.2) is 36.4 Å². The van der Waals surface area contributed by atoms with Gasteiger partial charge < -0.3 is 15.1 Å². The van der Waals surface area contributed by atoms with Crippen molar-refractivity contribution in [2.75, 3.05) is 24.6 Å². The van der Waals surface area contributed by atoms with E-state index in [1.54, 1.807) is 0 Å². The smallest absolute Gasteiger partial charge is 0.287 e. The maximum absolute atomic E-state index is 11.6. The van der Waals surface area contributed by atoms with Gasteiger partial charge in [0.05, 0.1) is 0 Å². The van der Waals surface area contributed by atoms with E-state index in [1.807, 2.05) is 0 Å². The molecule has 1 aromatic heterocycles. The molecule has 0 radical (unpaired) electrons. The van der Waals surface area contributed by atoms with E-state index >= 15 is 0 Å². The van der Waals surface area contributed by atoms with Crippen molar-refractivity contribution in [3.63, 3.8) is 0 Å². The third-order valence-electron chi connectivity index (χ3n) is 2.01. The topological polar surface area (TPSA) is 88.4 Å². The van der Waals surface area contributed by atoms with Gasteiger partial charge in [0.15, 0.2) is 16.9 Å². The first-order valence-corrected chi connectivity index (χ1v) is 6.78. The molecule has 0 aliphatic carbocycles. The Morgan fingerprint density at radius 3 is 1.79 bits per heavy atom. The maximum Gasteiger partial charge on any atom is 0.287 e. The SMILES string of the molecule is O=C(NCCS)c1cc(=O)cc(C(=O)NCCS)o1. The summed E-state index contributed by atoms with van der Waals surface area (Å²) in [4.78, 5) is 34.7. The largest absolute Gasteiger partial charge is 0.445 e. The Hall–Kier alpha value is -1.41. The van der Waals surface area contributed by atoms with Gasteiger partial charge in [-0.3, -0.25) is 14.4 Å². The van der Waals surface area contributed by atoms with Crippen LogP contribution in [0, 0.1) is 0 Å². The van der Waals surface area contributed by atoms with Crippen LogP contribution < -0.4 is 16.1 Å². The Morgan fingerprint density at radius 1 is 1.00 bits per heavy atom. The van der Waals surface area contributed by atoms with Crippen LogP contribution in [0.1, 0.15) is 21.1 Å². The van der Waals surface area contributed by atoms with Gasteiger partial charge in [0, 0.05) is 36.7 Å². The molecule has 0 aromatic carbocycles. The first-order chi connectivity index (χ1) is 9.08. The number of hydrogen-bond acceptors (Lipinski definition) is 6. The molecule has 0 spiro atoms. The Labute approximate surface area is 120 Å². The van der Waals surface area contributed by atoms with Gasteiger partial charge in [-0.25, -0.2) is 0 Å². The summed E-state index contributed by atoms with van der Waals surface area (Å²) in [5.41, 5.74) is -0.474. The summed E-state index contributed by atoms with van der Waals surface area (Å²) in [5.74, 6) is -0.614. The van der Waals surface area contributed by atoms with Crippen LogP contribution in [0.4, 0.5) is 0 Å². The molecule has 19 heavy (non-hydrogen) atoms. The van der Waals surface area contributed by atoms with Gasteiger partial charge in [0.1, 0.15) is 0 Å². The second-order valence-electron chi connectivity index (χ2n) is 3.48. The van der Waals surface area contributed by atoms with Gasteiger partial charge in [-0.2, -0.15) is 25.3 Å². The van der Waals surface area contributed by atoms with E-state index < -0.39 is 17.2 Å². The fraction of sp³-hybridized carbons (Fsp3) is 0.364. The third-order valence-corrected chi connectivity index (χ3v) is 2.46. The second-order valence-corrected chi connectivity index (χ2v) is 4.38. The average molecular weight is 302 g/mol. The highest BCUT2D eigenvalue weighted by Crippen LogP contribution is 2.02. The number of thiol groups is 2. The van der Waals surface area contributed by atoms with Crippen molar-refractivity contribution >= 4 is 37.1 Å². The van der Waals surface area contributed by atoms with Crippen LogP contribution in [0.25, 0.3) is 0 Å². The Balaban J connectivity index is 2.90.